The topological polar surface area (TPSA) is 81.5 Å². The smallest absolute Gasteiger partial charge is 0.271 e. The van der Waals surface area contributed by atoms with Gasteiger partial charge in [-0.05, 0) is 43.2 Å². The van der Waals surface area contributed by atoms with Crippen molar-refractivity contribution in [2.75, 3.05) is 11.9 Å². The molecule has 2 aromatic carbocycles. The number of nitrogens with zero attached hydrogens (tertiary/aromatic N) is 1. The zero-order valence-corrected chi connectivity index (χ0v) is 13.4. The summed E-state index contributed by atoms with van der Waals surface area (Å²) in [7, 11) is 0. The standard InChI is InChI=1S/C16H15ClN2O4/c1-10-5-11(2)7-13(6-10)23-9-16(20)18-15-4-3-12(19(21)22)8-14(15)17/h3-8H,9H2,1-2H3,(H,18,20). The van der Waals surface area contributed by atoms with Crippen LogP contribution in [0.3, 0.4) is 0 Å². The lowest BCUT2D eigenvalue weighted by Gasteiger charge is -2.10. The van der Waals surface area contributed by atoms with Gasteiger partial charge in [-0.1, -0.05) is 17.7 Å². The Kier molecular flexibility index (Phi) is 5.18. The van der Waals surface area contributed by atoms with Gasteiger partial charge in [-0.3, -0.25) is 14.9 Å². The zero-order chi connectivity index (χ0) is 17.0. The number of hydrogen-bond acceptors (Lipinski definition) is 4. The number of nitrogens with one attached hydrogen (secondary N) is 1. The van der Waals surface area contributed by atoms with E-state index in [0.717, 1.165) is 11.1 Å². The highest BCUT2D eigenvalue weighted by Crippen LogP contribution is 2.26. The van der Waals surface area contributed by atoms with Crippen LogP contribution in [0.1, 0.15) is 11.1 Å². The number of non-ortho nitro benzene ring substituents is 1. The summed E-state index contributed by atoms with van der Waals surface area (Å²) in [5.74, 6) is 0.201. The molecule has 0 fully saturated rings. The van der Waals surface area contributed by atoms with Gasteiger partial charge in [-0.25, -0.2) is 0 Å². The van der Waals surface area contributed by atoms with Gasteiger partial charge in [0.05, 0.1) is 15.6 Å². The van der Waals surface area contributed by atoms with Crippen LogP contribution >= 0.6 is 11.6 Å². The monoisotopic (exact) mass is 334 g/mol. The summed E-state index contributed by atoms with van der Waals surface area (Å²) in [6, 6.07) is 9.51. The van der Waals surface area contributed by atoms with Crippen molar-refractivity contribution in [3.63, 3.8) is 0 Å². The van der Waals surface area contributed by atoms with E-state index in [4.69, 9.17) is 16.3 Å². The van der Waals surface area contributed by atoms with Crippen molar-refractivity contribution in [1.29, 1.82) is 0 Å². The van der Waals surface area contributed by atoms with Gasteiger partial charge >= 0.3 is 0 Å². The summed E-state index contributed by atoms with van der Waals surface area (Å²) in [6.45, 7) is 3.70. The van der Waals surface area contributed by atoms with E-state index in [1.807, 2.05) is 32.0 Å². The molecule has 2 rings (SSSR count). The summed E-state index contributed by atoms with van der Waals surface area (Å²) in [6.07, 6.45) is 0. The van der Waals surface area contributed by atoms with Crippen LogP contribution in [0.15, 0.2) is 36.4 Å². The number of rotatable bonds is 5. The maximum atomic E-state index is 11.9. The summed E-state index contributed by atoms with van der Waals surface area (Å²) in [4.78, 5) is 22.0. The lowest BCUT2D eigenvalue weighted by atomic mass is 10.1. The van der Waals surface area contributed by atoms with Crippen LogP contribution in [0.25, 0.3) is 0 Å². The number of nitro groups is 1. The number of carbonyl (C=O) groups is 1. The fourth-order valence-corrected chi connectivity index (χ4v) is 2.29. The van der Waals surface area contributed by atoms with Gasteiger partial charge in [0.15, 0.2) is 6.61 Å². The summed E-state index contributed by atoms with van der Waals surface area (Å²) < 4.78 is 5.44. The third-order valence-corrected chi connectivity index (χ3v) is 3.32. The fourth-order valence-electron chi connectivity index (χ4n) is 2.07. The van der Waals surface area contributed by atoms with Crippen molar-refractivity contribution in [3.8, 4) is 5.75 Å². The molecule has 0 spiro atoms. The van der Waals surface area contributed by atoms with Crippen molar-refractivity contribution in [2.24, 2.45) is 0 Å². The number of hydrogen-bond donors (Lipinski definition) is 1. The summed E-state index contributed by atoms with van der Waals surface area (Å²) in [5.41, 5.74) is 2.24. The van der Waals surface area contributed by atoms with Gasteiger partial charge in [0.25, 0.3) is 11.6 Å². The number of nitro benzene ring substituents is 1. The third kappa shape index (κ3) is 4.69. The maximum absolute atomic E-state index is 11.9. The summed E-state index contributed by atoms with van der Waals surface area (Å²) in [5, 5.41) is 13.3. The number of ether oxygens (including phenoxy) is 1. The van der Waals surface area contributed by atoms with Crippen molar-refractivity contribution in [3.05, 3.63) is 62.7 Å². The van der Waals surface area contributed by atoms with E-state index in [2.05, 4.69) is 5.32 Å². The summed E-state index contributed by atoms with van der Waals surface area (Å²) >= 11 is 5.92. The second-order valence-corrected chi connectivity index (χ2v) is 5.49. The normalized spacial score (nSPS) is 10.2. The largest absolute Gasteiger partial charge is 0.484 e. The minimum absolute atomic E-state index is 0.0963. The fraction of sp³-hybridized carbons (Fsp3) is 0.188. The first kappa shape index (κ1) is 16.8. The highest BCUT2D eigenvalue weighted by Gasteiger charge is 2.12. The molecule has 0 unspecified atom stereocenters. The Bertz CT molecular complexity index is 741. The number of amides is 1. The average Bonchev–Trinajstić information content (AvgIpc) is 2.46. The van der Waals surface area contributed by atoms with Gasteiger partial charge in [0.1, 0.15) is 5.75 Å². The third-order valence-electron chi connectivity index (χ3n) is 3.00. The second-order valence-electron chi connectivity index (χ2n) is 5.08. The van der Waals surface area contributed by atoms with Gasteiger partial charge < -0.3 is 10.1 Å². The van der Waals surface area contributed by atoms with E-state index >= 15 is 0 Å². The van der Waals surface area contributed by atoms with Crippen molar-refractivity contribution in [2.45, 2.75) is 13.8 Å². The Morgan fingerprint density at radius 1 is 1.22 bits per heavy atom. The van der Waals surface area contributed by atoms with E-state index in [0.29, 0.717) is 11.4 Å². The number of aryl methyl sites for hydroxylation is 2. The van der Waals surface area contributed by atoms with Gasteiger partial charge in [-0.15, -0.1) is 0 Å². The molecule has 0 saturated carbocycles. The molecule has 7 heteroatoms. The first-order chi connectivity index (χ1) is 10.8. The predicted molar refractivity (Wildman–Crippen MR) is 88.1 cm³/mol. The van der Waals surface area contributed by atoms with Crippen LogP contribution in [0.2, 0.25) is 5.02 Å². The molecule has 0 bridgehead atoms. The molecule has 0 heterocycles. The molecule has 0 aliphatic rings. The van der Waals surface area contributed by atoms with Crippen LogP contribution in [0.4, 0.5) is 11.4 Å². The van der Waals surface area contributed by atoms with Crippen LogP contribution in [0.5, 0.6) is 5.75 Å². The van der Waals surface area contributed by atoms with Gasteiger partial charge in [0.2, 0.25) is 0 Å². The number of carbonyl (C=O) groups excluding carboxylic acids is 1. The van der Waals surface area contributed by atoms with E-state index in [1.165, 1.54) is 18.2 Å². The van der Waals surface area contributed by atoms with E-state index in [1.54, 1.807) is 0 Å². The molecule has 6 nitrogen and oxygen atoms in total. The predicted octanol–water partition coefficient (Wildman–Crippen LogP) is 3.88. The molecule has 0 saturated heterocycles. The van der Waals surface area contributed by atoms with Crippen molar-refractivity contribution >= 4 is 28.9 Å². The van der Waals surface area contributed by atoms with Crippen LogP contribution in [-0.2, 0) is 4.79 Å². The van der Waals surface area contributed by atoms with Crippen LogP contribution < -0.4 is 10.1 Å². The first-order valence-electron chi connectivity index (χ1n) is 6.80. The van der Waals surface area contributed by atoms with Gasteiger partial charge in [-0.2, -0.15) is 0 Å². The Morgan fingerprint density at radius 2 is 1.87 bits per heavy atom. The second kappa shape index (κ2) is 7.11. The van der Waals surface area contributed by atoms with Crippen LogP contribution in [0, 0.1) is 24.0 Å². The average molecular weight is 335 g/mol. The van der Waals surface area contributed by atoms with Crippen molar-refractivity contribution in [1.82, 2.24) is 0 Å². The molecule has 0 radical (unpaired) electrons. The number of benzene rings is 2. The molecule has 0 aliphatic heterocycles. The molecular weight excluding hydrogens is 320 g/mol. The van der Waals surface area contributed by atoms with E-state index in [-0.39, 0.29) is 17.3 Å². The molecular formula is C16H15ClN2O4. The number of halogens is 1. The molecule has 1 amide bonds. The highest BCUT2D eigenvalue weighted by atomic mass is 35.5. The van der Waals surface area contributed by atoms with Crippen LogP contribution in [-0.4, -0.2) is 17.4 Å². The molecule has 2 aromatic rings. The zero-order valence-electron chi connectivity index (χ0n) is 12.6. The minimum Gasteiger partial charge on any atom is -0.484 e. The molecule has 1 N–H and O–H groups in total. The van der Waals surface area contributed by atoms with E-state index in [9.17, 15) is 14.9 Å². The van der Waals surface area contributed by atoms with Gasteiger partial charge in [0, 0.05) is 12.1 Å². The lowest BCUT2D eigenvalue weighted by molar-refractivity contribution is -0.384. The molecule has 120 valence electrons. The molecule has 0 atom stereocenters. The maximum Gasteiger partial charge on any atom is 0.271 e. The van der Waals surface area contributed by atoms with Crippen molar-refractivity contribution < 1.29 is 14.5 Å². The SMILES string of the molecule is Cc1cc(C)cc(OCC(=O)Nc2ccc([N+](=O)[O-])cc2Cl)c1. The lowest BCUT2D eigenvalue weighted by Crippen LogP contribution is -2.20. The Labute approximate surface area is 138 Å². The number of anilines is 1. The molecule has 0 aromatic heterocycles. The quantitative estimate of drug-likeness (QED) is 0.664. The molecule has 0 aliphatic carbocycles. The minimum atomic E-state index is -0.555. The first-order valence-corrected chi connectivity index (χ1v) is 7.18. The Balaban J connectivity index is 1.98. The molecule has 23 heavy (non-hydrogen) atoms. The Hall–Kier alpha value is -2.60. The van der Waals surface area contributed by atoms with E-state index < -0.39 is 10.8 Å². The Morgan fingerprint density at radius 3 is 2.43 bits per heavy atom. The highest BCUT2D eigenvalue weighted by molar-refractivity contribution is 6.34.